The molecule has 1 aromatic carbocycles. The Kier molecular flexibility index (Phi) is 7.75. The fourth-order valence-electron chi connectivity index (χ4n) is 6.79. The minimum atomic E-state index is -5.25. The Morgan fingerprint density at radius 3 is 2.10 bits per heavy atom. The maximum absolute atomic E-state index is 11.4. The Morgan fingerprint density at radius 1 is 1.10 bits per heavy atom. The van der Waals surface area contributed by atoms with Crippen molar-refractivity contribution in [3.8, 4) is 5.75 Å². The molecule has 0 aromatic heterocycles. The normalized spacial score (nSPS) is 37.5. The molecular weight excluding hydrogens is 441 g/mol. The van der Waals surface area contributed by atoms with Crippen LogP contribution in [-0.4, -0.2) is 12.7 Å². The molecule has 6 rings (SSSR count). The molecule has 1 aromatic rings. The van der Waals surface area contributed by atoms with Crippen molar-refractivity contribution in [3.05, 3.63) is 35.4 Å². The summed E-state index contributed by atoms with van der Waals surface area (Å²) in [6.45, 7) is 5.40. The van der Waals surface area contributed by atoms with E-state index >= 15 is 0 Å². The second-order valence-corrected chi connectivity index (χ2v) is 10.1. The summed E-state index contributed by atoms with van der Waals surface area (Å²) < 4.78 is 22.2. The molecule has 1 atom stereocenters. The van der Waals surface area contributed by atoms with Crippen LogP contribution in [0.2, 0.25) is 0 Å². The third-order valence-electron chi connectivity index (χ3n) is 7.66. The SMILES string of the molecule is C=Cc1ccc(C2(OC)OOC23C2CC4CC(C2)CC3C4)c(C)c1OP(=O)([O-])[O-].[Na+].[Na+]. The summed E-state index contributed by atoms with van der Waals surface area (Å²) in [5, 5.41) is 0. The molecule has 7 nitrogen and oxygen atoms in total. The molecule has 4 bridgehead atoms. The molecule has 4 aliphatic carbocycles. The van der Waals surface area contributed by atoms with E-state index in [-0.39, 0.29) is 64.9 Å². The molecule has 0 N–H and O–H groups in total. The van der Waals surface area contributed by atoms with E-state index in [0.717, 1.165) is 37.5 Å². The number of ether oxygens (including phenoxy) is 1. The number of rotatable bonds is 5. The van der Waals surface area contributed by atoms with Gasteiger partial charge in [-0.1, -0.05) is 24.8 Å². The zero-order valence-corrected chi connectivity index (χ0v) is 23.5. The van der Waals surface area contributed by atoms with Gasteiger partial charge in [0.15, 0.2) is 5.60 Å². The van der Waals surface area contributed by atoms with Crippen molar-refractivity contribution >= 4 is 13.9 Å². The van der Waals surface area contributed by atoms with Gasteiger partial charge in [0, 0.05) is 23.8 Å². The van der Waals surface area contributed by atoms with Gasteiger partial charge in [0.1, 0.15) is 13.6 Å². The van der Waals surface area contributed by atoms with E-state index in [1.54, 1.807) is 20.1 Å². The molecule has 0 radical (unpaired) electrons. The van der Waals surface area contributed by atoms with Crippen molar-refractivity contribution in [2.24, 2.45) is 23.7 Å². The van der Waals surface area contributed by atoms with Crippen molar-refractivity contribution in [3.63, 3.8) is 0 Å². The van der Waals surface area contributed by atoms with E-state index in [9.17, 15) is 14.4 Å². The topological polar surface area (TPSA) is 100 Å². The van der Waals surface area contributed by atoms with Crippen molar-refractivity contribution in [1.29, 1.82) is 0 Å². The van der Waals surface area contributed by atoms with Gasteiger partial charge < -0.3 is 23.6 Å². The van der Waals surface area contributed by atoms with Gasteiger partial charge in [0.25, 0.3) is 5.79 Å². The van der Waals surface area contributed by atoms with E-state index in [2.05, 4.69) is 6.58 Å². The van der Waals surface area contributed by atoms with Crippen molar-refractivity contribution < 1.29 is 92.5 Å². The third-order valence-corrected chi connectivity index (χ3v) is 8.07. The van der Waals surface area contributed by atoms with E-state index in [4.69, 9.17) is 19.0 Å². The first-order valence-electron chi connectivity index (χ1n) is 10.1. The number of hydrogen-bond donors (Lipinski definition) is 0. The van der Waals surface area contributed by atoms with Crippen LogP contribution in [0.4, 0.5) is 0 Å². The second-order valence-electron chi connectivity index (χ2n) is 8.98. The Labute approximate surface area is 227 Å². The minimum Gasteiger partial charge on any atom is -0.780 e. The number of phosphoric ester groups is 1. The van der Waals surface area contributed by atoms with Crippen LogP contribution in [0.15, 0.2) is 18.7 Å². The van der Waals surface area contributed by atoms with Crippen LogP contribution < -0.4 is 73.4 Å². The molecular formula is C21H25Na2O7P. The van der Waals surface area contributed by atoms with Crippen LogP contribution >= 0.6 is 7.82 Å². The smallest absolute Gasteiger partial charge is 0.780 e. The number of phosphoric acid groups is 1. The van der Waals surface area contributed by atoms with Crippen molar-refractivity contribution in [2.75, 3.05) is 7.11 Å². The van der Waals surface area contributed by atoms with Crippen molar-refractivity contribution in [1.82, 2.24) is 0 Å². The summed E-state index contributed by atoms with van der Waals surface area (Å²) in [5.41, 5.74) is 0.926. The van der Waals surface area contributed by atoms with Gasteiger partial charge >= 0.3 is 59.1 Å². The van der Waals surface area contributed by atoms with Gasteiger partial charge in [-0.2, -0.15) is 4.89 Å². The summed E-state index contributed by atoms with van der Waals surface area (Å²) in [5.74, 6) is 0.916. The molecule has 158 valence electrons. The van der Waals surface area contributed by atoms with Gasteiger partial charge in [-0.15, -0.1) is 0 Å². The summed E-state index contributed by atoms with van der Waals surface area (Å²) in [7, 11) is -3.66. The van der Waals surface area contributed by atoms with Gasteiger partial charge in [-0.25, -0.2) is 4.89 Å². The Balaban J connectivity index is 0.00000136. The zero-order chi connectivity index (χ0) is 20.6. The Morgan fingerprint density at radius 2 is 1.68 bits per heavy atom. The Hall–Kier alpha value is 0.790. The predicted molar refractivity (Wildman–Crippen MR) is 100 cm³/mol. The summed E-state index contributed by atoms with van der Waals surface area (Å²) in [4.78, 5) is 34.4. The minimum absolute atomic E-state index is 0. The second kappa shape index (κ2) is 9.10. The summed E-state index contributed by atoms with van der Waals surface area (Å²) >= 11 is 0. The number of benzene rings is 1. The fraction of sp³-hybridized carbons (Fsp3) is 0.619. The Bertz CT molecular complexity index is 885. The van der Waals surface area contributed by atoms with Gasteiger partial charge in [-0.05, 0) is 62.7 Å². The molecule has 31 heavy (non-hydrogen) atoms. The van der Waals surface area contributed by atoms with Crippen LogP contribution in [0.1, 0.15) is 48.8 Å². The van der Waals surface area contributed by atoms with E-state index in [1.807, 2.05) is 6.07 Å². The monoisotopic (exact) mass is 466 g/mol. The average Bonchev–Trinajstić information content (AvgIpc) is 2.63. The number of methoxy groups -OCH3 is 1. The van der Waals surface area contributed by atoms with Gasteiger partial charge in [-0.3, -0.25) is 0 Å². The largest absolute Gasteiger partial charge is 1.00 e. The maximum atomic E-state index is 11.4. The first kappa shape index (κ1) is 26.4. The first-order chi connectivity index (χ1) is 13.7. The third kappa shape index (κ3) is 3.81. The molecule has 1 aliphatic heterocycles. The molecule has 1 saturated heterocycles. The van der Waals surface area contributed by atoms with Crippen LogP contribution in [0.5, 0.6) is 5.75 Å². The molecule has 1 heterocycles. The van der Waals surface area contributed by atoms with E-state index in [1.165, 1.54) is 12.5 Å². The maximum Gasteiger partial charge on any atom is 1.00 e. The molecule has 1 unspecified atom stereocenters. The zero-order valence-electron chi connectivity index (χ0n) is 18.6. The van der Waals surface area contributed by atoms with Gasteiger partial charge in [0.2, 0.25) is 0 Å². The van der Waals surface area contributed by atoms with E-state index in [0.29, 0.717) is 28.5 Å². The van der Waals surface area contributed by atoms with Crippen LogP contribution in [0.25, 0.3) is 6.08 Å². The van der Waals surface area contributed by atoms with Crippen LogP contribution in [-0.2, 0) is 24.9 Å². The molecule has 5 aliphatic rings. The molecule has 1 spiro atoms. The van der Waals surface area contributed by atoms with Crippen LogP contribution in [0, 0.1) is 30.6 Å². The predicted octanol–water partition coefficient (Wildman–Crippen LogP) is -3.19. The van der Waals surface area contributed by atoms with Crippen molar-refractivity contribution in [2.45, 2.75) is 50.4 Å². The van der Waals surface area contributed by atoms with E-state index < -0.39 is 19.2 Å². The molecule has 0 amide bonds. The van der Waals surface area contributed by atoms with Gasteiger partial charge in [0.05, 0.1) is 0 Å². The van der Waals surface area contributed by atoms with Crippen LogP contribution in [0.3, 0.4) is 0 Å². The average molecular weight is 466 g/mol. The fourth-order valence-corrected chi connectivity index (χ4v) is 7.26. The first-order valence-corrected chi connectivity index (χ1v) is 11.6. The standard InChI is InChI=1S/C21H27O7P.2Na/c1-4-15-5-6-18(12(2)19(15)26-29(22,23)24)21(25-3)20(27-28-21)16-8-13-7-14(10-16)11-17(20)9-13;;/h4-6,13-14,16-17H,1,7-11H2,2-3H3,(H2,22,23,24);;/q;2*+1/p-2. The summed E-state index contributed by atoms with van der Waals surface area (Å²) in [6.07, 6.45) is 7.11. The molecule has 10 heteroatoms. The quantitative estimate of drug-likeness (QED) is 0.256. The number of hydrogen-bond acceptors (Lipinski definition) is 7. The summed E-state index contributed by atoms with van der Waals surface area (Å²) in [6, 6.07) is 3.51. The molecule has 5 fully saturated rings. The molecule has 4 saturated carbocycles.